The van der Waals surface area contributed by atoms with Gasteiger partial charge in [-0.15, -0.1) is 0 Å². The van der Waals surface area contributed by atoms with E-state index < -0.39 is 0 Å². The van der Waals surface area contributed by atoms with E-state index in [0.717, 1.165) is 44.6 Å². The van der Waals surface area contributed by atoms with Crippen molar-refractivity contribution < 1.29 is 4.79 Å². The summed E-state index contributed by atoms with van der Waals surface area (Å²) < 4.78 is 1.87. The van der Waals surface area contributed by atoms with Crippen molar-refractivity contribution >= 4 is 5.78 Å². The van der Waals surface area contributed by atoms with Gasteiger partial charge in [-0.05, 0) is 44.1 Å². The minimum atomic E-state index is 0.196. The van der Waals surface area contributed by atoms with E-state index in [1.165, 1.54) is 0 Å². The van der Waals surface area contributed by atoms with Gasteiger partial charge in [-0.1, -0.05) is 13.8 Å². The van der Waals surface area contributed by atoms with Gasteiger partial charge in [0.25, 0.3) is 0 Å². The lowest BCUT2D eigenvalue weighted by Crippen LogP contribution is -2.27. The van der Waals surface area contributed by atoms with Crippen LogP contribution in [0.4, 0.5) is 0 Å². The van der Waals surface area contributed by atoms with Crippen LogP contribution in [-0.2, 0) is 17.8 Å². The summed E-state index contributed by atoms with van der Waals surface area (Å²) in [5, 5.41) is 4.22. The van der Waals surface area contributed by atoms with Crippen molar-refractivity contribution in [2.45, 2.75) is 52.5 Å². The van der Waals surface area contributed by atoms with Crippen LogP contribution in [0.15, 0.2) is 6.33 Å². The van der Waals surface area contributed by atoms with Crippen molar-refractivity contribution in [1.29, 1.82) is 0 Å². The minimum absolute atomic E-state index is 0.196. The predicted molar refractivity (Wildman–Crippen MR) is 78.1 cm³/mol. The molecule has 0 bridgehead atoms. The van der Waals surface area contributed by atoms with Crippen molar-refractivity contribution in [1.82, 2.24) is 14.8 Å². The van der Waals surface area contributed by atoms with Gasteiger partial charge in [0.2, 0.25) is 0 Å². The van der Waals surface area contributed by atoms with Gasteiger partial charge >= 0.3 is 0 Å². The van der Waals surface area contributed by atoms with E-state index >= 15 is 0 Å². The molecule has 1 aliphatic rings. The zero-order valence-electron chi connectivity index (χ0n) is 12.6. The number of hydrogen-bond acceptors (Lipinski definition) is 4. The number of hydrogen-bond donors (Lipinski definition) is 1. The Hall–Kier alpha value is -1.23. The molecule has 1 aliphatic carbocycles. The minimum Gasteiger partial charge on any atom is -0.330 e. The number of carbonyl (C=O) groups is 1. The van der Waals surface area contributed by atoms with Gasteiger partial charge in [-0.2, -0.15) is 5.10 Å². The molecule has 0 spiro atoms. The zero-order chi connectivity index (χ0) is 14.5. The van der Waals surface area contributed by atoms with Crippen LogP contribution in [0.25, 0.3) is 0 Å². The quantitative estimate of drug-likeness (QED) is 0.861. The summed E-state index contributed by atoms with van der Waals surface area (Å²) >= 11 is 0. The van der Waals surface area contributed by atoms with Gasteiger partial charge in [-0.25, -0.2) is 9.67 Å². The smallest absolute Gasteiger partial charge is 0.143 e. The lowest BCUT2D eigenvalue weighted by molar-refractivity contribution is -0.123. The molecule has 2 N–H and O–H groups in total. The van der Waals surface area contributed by atoms with Crippen LogP contribution >= 0.6 is 0 Å². The number of nitrogens with two attached hydrogens (primary N) is 1. The van der Waals surface area contributed by atoms with E-state index in [2.05, 4.69) is 23.9 Å². The number of aromatic nitrogens is 3. The molecule has 1 aromatic heterocycles. The zero-order valence-corrected chi connectivity index (χ0v) is 12.6. The molecule has 2 rings (SSSR count). The lowest BCUT2D eigenvalue weighted by Gasteiger charge is -2.26. The second-order valence-corrected chi connectivity index (χ2v) is 6.35. The largest absolute Gasteiger partial charge is 0.330 e. The fourth-order valence-corrected chi connectivity index (χ4v) is 2.94. The van der Waals surface area contributed by atoms with E-state index in [1.807, 2.05) is 4.68 Å². The maximum Gasteiger partial charge on any atom is 0.143 e. The molecule has 5 heteroatoms. The Bertz CT molecular complexity index is 433. The van der Waals surface area contributed by atoms with Crippen LogP contribution in [-0.4, -0.2) is 27.1 Å². The van der Waals surface area contributed by atoms with Crippen molar-refractivity contribution in [2.24, 2.45) is 23.5 Å². The van der Waals surface area contributed by atoms with Crippen LogP contribution in [0, 0.1) is 17.8 Å². The molecule has 0 aliphatic heterocycles. The van der Waals surface area contributed by atoms with Gasteiger partial charge < -0.3 is 5.73 Å². The summed E-state index contributed by atoms with van der Waals surface area (Å²) in [6.07, 6.45) is 6.12. The van der Waals surface area contributed by atoms with Crippen LogP contribution in [0.3, 0.4) is 0 Å². The van der Waals surface area contributed by atoms with E-state index in [4.69, 9.17) is 5.73 Å². The summed E-state index contributed by atoms with van der Waals surface area (Å²) in [6.45, 7) is 5.86. The second-order valence-electron chi connectivity index (χ2n) is 6.35. The summed E-state index contributed by atoms with van der Waals surface area (Å²) in [5.74, 6) is 2.44. The number of Topliss-reactive ketones (excluding diaryl/α,β-unsaturated/α-hetero) is 1. The van der Waals surface area contributed by atoms with E-state index in [0.29, 0.717) is 24.0 Å². The Morgan fingerprint density at radius 3 is 2.70 bits per heavy atom. The first kappa shape index (κ1) is 15.2. The van der Waals surface area contributed by atoms with Crippen molar-refractivity contribution in [3.63, 3.8) is 0 Å². The first-order valence-corrected chi connectivity index (χ1v) is 7.69. The normalized spacial score (nSPS) is 23.2. The number of ketones is 1. The number of nitrogens with zero attached hydrogens (tertiary/aromatic N) is 3. The Kier molecular flexibility index (Phi) is 5.29. The average Bonchev–Trinajstić information content (AvgIpc) is 2.85. The summed E-state index contributed by atoms with van der Waals surface area (Å²) in [5.41, 5.74) is 5.69. The molecule has 0 atom stereocenters. The standard InChI is InChI=1S/C15H26N4O/c1-11(2)9-19-15(17-10-18-19)7-14(20)13-5-3-12(8-16)4-6-13/h10-13H,3-9,16H2,1-2H3. The van der Waals surface area contributed by atoms with Crippen LogP contribution in [0.1, 0.15) is 45.4 Å². The maximum atomic E-state index is 12.4. The molecule has 5 nitrogen and oxygen atoms in total. The highest BCUT2D eigenvalue weighted by Crippen LogP contribution is 2.29. The molecule has 0 radical (unpaired) electrons. The highest BCUT2D eigenvalue weighted by molar-refractivity contribution is 5.82. The van der Waals surface area contributed by atoms with Gasteiger partial charge in [0.1, 0.15) is 17.9 Å². The predicted octanol–water partition coefficient (Wildman–Crippen LogP) is 1.81. The van der Waals surface area contributed by atoms with Crippen LogP contribution in [0.5, 0.6) is 0 Å². The SMILES string of the molecule is CC(C)Cn1ncnc1CC(=O)C1CCC(CN)CC1. The molecular weight excluding hydrogens is 252 g/mol. The monoisotopic (exact) mass is 278 g/mol. The summed E-state index contributed by atoms with van der Waals surface area (Å²) in [7, 11) is 0. The Morgan fingerprint density at radius 1 is 1.40 bits per heavy atom. The molecular formula is C15H26N4O. The van der Waals surface area contributed by atoms with Gasteiger partial charge in [0, 0.05) is 12.5 Å². The molecule has 1 heterocycles. The molecule has 1 aromatic rings. The summed E-state index contributed by atoms with van der Waals surface area (Å²) in [4.78, 5) is 16.6. The number of rotatable bonds is 6. The van der Waals surface area contributed by atoms with E-state index in [-0.39, 0.29) is 5.92 Å². The summed E-state index contributed by atoms with van der Waals surface area (Å²) in [6, 6.07) is 0. The Labute approximate surface area is 120 Å². The van der Waals surface area contributed by atoms with Gasteiger partial charge in [0.15, 0.2) is 0 Å². The van der Waals surface area contributed by atoms with Crippen molar-refractivity contribution in [3.05, 3.63) is 12.2 Å². The van der Waals surface area contributed by atoms with E-state index in [1.54, 1.807) is 6.33 Å². The fourth-order valence-electron chi connectivity index (χ4n) is 2.94. The maximum absolute atomic E-state index is 12.4. The first-order valence-electron chi connectivity index (χ1n) is 7.69. The molecule has 0 amide bonds. The highest BCUT2D eigenvalue weighted by Gasteiger charge is 2.26. The molecule has 112 valence electrons. The van der Waals surface area contributed by atoms with Crippen LogP contribution in [0.2, 0.25) is 0 Å². The molecule has 0 aromatic carbocycles. The third kappa shape index (κ3) is 3.88. The van der Waals surface area contributed by atoms with Crippen molar-refractivity contribution in [2.75, 3.05) is 6.54 Å². The Morgan fingerprint density at radius 2 is 2.10 bits per heavy atom. The fraction of sp³-hybridized carbons (Fsp3) is 0.800. The lowest BCUT2D eigenvalue weighted by atomic mass is 9.79. The molecule has 1 saturated carbocycles. The first-order chi connectivity index (χ1) is 9.60. The van der Waals surface area contributed by atoms with Gasteiger partial charge in [-0.3, -0.25) is 4.79 Å². The second kappa shape index (κ2) is 6.97. The molecule has 1 fully saturated rings. The number of carbonyl (C=O) groups excluding carboxylic acids is 1. The van der Waals surface area contributed by atoms with E-state index in [9.17, 15) is 4.79 Å². The third-order valence-electron chi connectivity index (χ3n) is 4.20. The molecule has 20 heavy (non-hydrogen) atoms. The molecule has 0 saturated heterocycles. The van der Waals surface area contributed by atoms with Crippen LogP contribution < -0.4 is 5.73 Å². The average molecular weight is 278 g/mol. The van der Waals surface area contributed by atoms with Crippen molar-refractivity contribution in [3.8, 4) is 0 Å². The third-order valence-corrected chi connectivity index (χ3v) is 4.20. The Balaban J connectivity index is 1.90. The topological polar surface area (TPSA) is 73.8 Å². The highest BCUT2D eigenvalue weighted by atomic mass is 16.1. The van der Waals surface area contributed by atoms with Gasteiger partial charge in [0.05, 0.1) is 6.42 Å². The molecule has 0 unspecified atom stereocenters.